The lowest BCUT2D eigenvalue weighted by atomic mass is 10.0. The van der Waals surface area contributed by atoms with Crippen molar-refractivity contribution < 1.29 is 27.0 Å². The van der Waals surface area contributed by atoms with E-state index < -0.39 is 10.0 Å². The van der Waals surface area contributed by atoms with E-state index in [1.54, 1.807) is 42.5 Å². The lowest BCUT2D eigenvalue weighted by molar-refractivity contribution is -0.476. The summed E-state index contributed by atoms with van der Waals surface area (Å²) in [5.74, 6) is 1.42. The summed E-state index contributed by atoms with van der Waals surface area (Å²) in [5, 5.41) is 0. The second kappa shape index (κ2) is 15.1. The molecule has 0 radical (unpaired) electrons. The first-order chi connectivity index (χ1) is 24.9. The maximum Gasteiger partial charge on any atom is 0.292 e. The molecule has 0 saturated carbocycles. The summed E-state index contributed by atoms with van der Waals surface area (Å²) in [5.41, 5.74) is 7.36. The number of anilines is 1. The van der Waals surface area contributed by atoms with Crippen molar-refractivity contribution in [1.29, 1.82) is 0 Å². The molecule has 1 N–H and O–H groups in total. The number of hydrogen-bond acceptors (Lipinski definition) is 5. The van der Waals surface area contributed by atoms with Gasteiger partial charge in [-0.25, -0.2) is 8.42 Å². The number of sulfonamides is 1. The molecule has 0 saturated heterocycles. The van der Waals surface area contributed by atoms with Gasteiger partial charge in [0.25, 0.3) is 23.5 Å². The first kappa shape index (κ1) is 33.2. The zero-order valence-electron chi connectivity index (χ0n) is 28.0. The molecule has 252 valence electrons. The monoisotopic (exact) mass is 692 g/mol. The Morgan fingerprint density at radius 2 is 1.08 bits per heavy atom. The van der Waals surface area contributed by atoms with E-state index in [1.165, 1.54) is 0 Å². The number of ether oxygens (including phenoxy) is 2. The summed E-state index contributed by atoms with van der Waals surface area (Å²) < 4.78 is 43.8. The molecule has 0 bridgehead atoms. The highest BCUT2D eigenvalue weighted by molar-refractivity contribution is 7.92. The van der Waals surface area contributed by atoms with Crippen molar-refractivity contribution in [3.8, 4) is 11.5 Å². The number of rotatable bonds is 7. The van der Waals surface area contributed by atoms with Crippen LogP contribution in [0.4, 0.5) is 22.7 Å². The van der Waals surface area contributed by atoms with Crippen molar-refractivity contribution in [2.24, 2.45) is 4.99 Å². The number of para-hydroxylation sites is 5. The maximum atomic E-state index is 12.6. The number of nitrogens with zero attached hydrogens (tertiary/aromatic N) is 3. The van der Waals surface area contributed by atoms with Crippen molar-refractivity contribution in [1.82, 2.24) is 0 Å². The summed E-state index contributed by atoms with van der Waals surface area (Å²) in [6, 6.07) is 50.0. The molecular weight excluding hydrogens is 657 g/mol. The van der Waals surface area contributed by atoms with Crippen LogP contribution in [0.15, 0.2) is 168 Å². The minimum absolute atomic E-state index is 0.211. The average molecular weight is 693 g/mol. The summed E-state index contributed by atoms with van der Waals surface area (Å²) in [6.07, 6.45) is 4.09. The Balaban J connectivity index is 0.000000159. The standard InChI is InChI=1S/C22H19N2O.C20H17N2O3S/c1-17(23-19-10-4-2-5-11-19)21-14-8-9-18-15-24(16-25-22(18)21)20-12-6-3-7-13-20;23-26(24,18-11-5-2-6-12-18)21-19-13-7-8-16-14-22(15-25-20(16)19)17-9-3-1-4-10-17/h2-15H,16H2,1H3;1-14,21H,15H2/q2*+1. The first-order valence-electron chi connectivity index (χ1n) is 16.5. The molecule has 0 aliphatic carbocycles. The molecule has 51 heavy (non-hydrogen) atoms. The first-order valence-corrected chi connectivity index (χ1v) is 18.0. The average Bonchev–Trinajstić information content (AvgIpc) is 3.19. The highest BCUT2D eigenvalue weighted by atomic mass is 32.2. The molecule has 8 rings (SSSR count). The quantitative estimate of drug-likeness (QED) is 0.134. The lowest BCUT2D eigenvalue weighted by Crippen LogP contribution is -2.22. The predicted molar refractivity (Wildman–Crippen MR) is 202 cm³/mol. The Hall–Kier alpha value is -6.32. The smallest absolute Gasteiger partial charge is 0.292 e. The van der Waals surface area contributed by atoms with Gasteiger partial charge in [0.2, 0.25) is 11.4 Å². The molecule has 2 heterocycles. The van der Waals surface area contributed by atoms with Crippen LogP contribution in [0, 0.1) is 0 Å². The van der Waals surface area contributed by atoms with Crippen LogP contribution in [0.1, 0.15) is 23.6 Å². The van der Waals surface area contributed by atoms with Crippen LogP contribution in [0.5, 0.6) is 11.5 Å². The molecule has 6 aromatic carbocycles. The van der Waals surface area contributed by atoms with Gasteiger partial charge in [0.15, 0.2) is 18.2 Å². The van der Waals surface area contributed by atoms with Crippen LogP contribution < -0.4 is 14.2 Å². The van der Waals surface area contributed by atoms with Crippen molar-refractivity contribution in [3.63, 3.8) is 0 Å². The van der Waals surface area contributed by atoms with Gasteiger partial charge >= 0.3 is 0 Å². The zero-order valence-corrected chi connectivity index (χ0v) is 28.8. The maximum absolute atomic E-state index is 12.6. The fourth-order valence-corrected chi connectivity index (χ4v) is 6.86. The van der Waals surface area contributed by atoms with Gasteiger partial charge < -0.3 is 9.47 Å². The normalized spacial score (nSPS) is 13.5. The summed E-state index contributed by atoms with van der Waals surface area (Å²) in [6.45, 7) is 2.82. The highest BCUT2D eigenvalue weighted by Gasteiger charge is 2.25. The molecular formula is C42H36N4O4S+2. The van der Waals surface area contributed by atoms with E-state index in [4.69, 9.17) is 14.5 Å². The van der Waals surface area contributed by atoms with Crippen molar-refractivity contribution in [2.75, 3.05) is 18.2 Å². The third-order valence-electron chi connectivity index (χ3n) is 8.29. The number of fused-ring (bicyclic) bond motifs is 2. The largest absolute Gasteiger partial charge is 0.434 e. The molecule has 9 heteroatoms. The molecule has 0 amide bonds. The molecule has 0 aromatic heterocycles. The fraction of sp³-hybridized carbons (Fsp3) is 0.0714. The molecule has 0 unspecified atom stereocenters. The van der Waals surface area contributed by atoms with Crippen LogP contribution in [-0.4, -0.2) is 49.2 Å². The Bertz CT molecular complexity index is 2350. The van der Waals surface area contributed by atoms with E-state index in [9.17, 15) is 8.42 Å². The van der Waals surface area contributed by atoms with Crippen LogP contribution in [-0.2, 0) is 10.0 Å². The Kier molecular flexibility index (Phi) is 9.80. The van der Waals surface area contributed by atoms with E-state index in [1.807, 2.05) is 109 Å². The van der Waals surface area contributed by atoms with Crippen LogP contribution in [0.3, 0.4) is 0 Å². The van der Waals surface area contributed by atoms with Gasteiger partial charge in [-0.05, 0) is 55.5 Å². The van der Waals surface area contributed by atoms with Crippen molar-refractivity contribution in [3.05, 3.63) is 174 Å². The Labute approximate surface area is 298 Å². The van der Waals surface area contributed by atoms with Gasteiger partial charge in [0, 0.05) is 35.5 Å². The molecule has 2 aliphatic heterocycles. The van der Waals surface area contributed by atoms with E-state index >= 15 is 0 Å². The molecule has 0 atom stereocenters. The van der Waals surface area contributed by atoms with Gasteiger partial charge in [0.05, 0.1) is 27.4 Å². The van der Waals surface area contributed by atoms with Crippen molar-refractivity contribution >= 4 is 50.9 Å². The molecule has 8 nitrogen and oxygen atoms in total. The molecule has 2 aliphatic rings. The highest BCUT2D eigenvalue weighted by Crippen LogP contribution is 2.33. The topological polar surface area (TPSA) is 83.0 Å². The number of nitrogens with one attached hydrogen (secondary N) is 1. The lowest BCUT2D eigenvalue weighted by Gasteiger charge is -2.17. The summed E-state index contributed by atoms with van der Waals surface area (Å²) >= 11 is 0. The van der Waals surface area contributed by atoms with E-state index in [2.05, 4.69) is 39.8 Å². The van der Waals surface area contributed by atoms with E-state index in [0.717, 1.165) is 45.2 Å². The van der Waals surface area contributed by atoms with Crippen molar-refractivity contribution in [2.45, 2.75) is 11.8 Å². The SMILES string of the molecule is CC(=Nc1ccccc1)c1cccc2c1OC[N+](c1ccccc1)=C2.O=S(=O)(Nc1cccc2c1OC[N+](c1ccccc1)=C2)c1ccccc1. The second-order valence-corrected chi connectivity index (χ2v) is 13.5. The summed E-state index contributed by atoms with van der Waals surface area (Å²) in [7, 11) is -3.67. The van der Waals surface area contributed by atoms with Crippen LogP contribution in [0.2, 0.25) is 0 Å². The van der Waals surface area contributed by atoms with Gasteiger partial charge in [-0.2, -0.15) is 9.15 Å². The van der Waals surface area contributed by atoms with E-state index in [0.29, 0.717) is 24.9 Å². The zero-order chi connectivity index (χ0) is 35.0. The van der Waals surface area contributed by atoms with Crippen LogP contribution in [0.25, 0.3) is 0 Å². The minimum atomic E-state index is -3.67. The van der Waals surface area contributed by atoms with Crippen LogP contribution >= 0.6 is 0 Å². The number of benzene rings is 6. The number of hydrogen-bond donors (Lipinski definition) is 1. The van der Waals surface area contributed by atoms with E-state index in [-0.39, 0.29) is 4.90 Å². The molecule has 0 spiro atoms. The number of aliphatic imine (C=N–C) groups is 1. The molecule has 0 fully saturated rings. The van der Waals surface area contributed by atoms with Gasteiger partial charge in [-0.3, -0.25) is 9.71 Å². The summed E-state index contributed by atoms with van der Waals surface area (Å²) in [4.78, 5) is 4.94. The van der Waals surface area contributed by atoms with Gasteiger partial charge in [0.1, 0.15) is 5.75 Å². The Morgan fingerprint density at radius 1 is 0.588 bits per heavy atom. The van der Waals surface area contributed by atoms with Gasteiger partial charge in [-0.1, -0.05) is 84.9 Å². The molecule has 6 aromatic rings. The predicted octanol–water partition coefficient (Wildman–Crippen LogP) is 8.54. The third kappa shape index (κ3) is 7.79. The third-order valence-corrected chi connectivity index (χ3v) is 9.67. The Morgan fingerprint density at radius 3 is 1.67 bits per heavy atom. The fourth-order valence-electron chi connectivity index (χ4n) is 5.78. The second-order valence-electron chi connectivity index (χ2n) is 11.8. The minimum Gasteiger partial charge on any atom is -0.434 e. The van der Waals surface area contributed by atoms with Gasteiger partial charge in [-0.15, -0.1) is 0 Å².